The zero-order chi connectivity index (χ0) is 16.3. The molecule has 3 rings (SSSR count). The lowest BCUT2D eigenvalue weighted by atomic mass is 9.95. The van der Waals surface area contributed by atoms with Crippen molar-refractivity contribution in [2.75, 3.05) is 26.2 Å². The minimum atomic E-state index is -4.30. The second kappa shape index (κ2) is 6.72. The third-order valence-electron chi connectivity index (χ3n) is 4.19. The van der Waals surface area contributed by atoms with E-state index >= 15 is 0 Å². The smallest absolute Gasteiger partial charge is 0.314 e. The molecule has 0 saturated carbocycles. The van der Waals surface area contributed by atoms with E-state index < -0.39 is 11.7 Å². The molecule has 2 nitrogen and oxygen atoms in total. The van der Waals surface area contributed by atoms with Crippen LogP contribution >= 0.6 is 0 Å². The maximum absolute atomic E-state index is 12.8. The second-order valence-corrected chi connectivity index (χ2v) is 5.72. The summed E-state index contributed by atoms with van der Waals surface area (Å²) in [5.41, 5.74) is 1.40. The lowest BCUT2D eigenvalue weighted by Gasteiger charge is -2.35. The normalized spacial score (nSPS) is 17.9. The number of alkyl halides is 3. The molecule has 1 aliphatic rings. The van der Waals surface area contributed by atoms with Crippen molar-refractivity contribution in [3.8, 4) is 0 Å². The van der Waals surface area contributed by atoms with Crippen LogP contribution in [0.4, 0.5) is 13.2 Å². The first kappa shape index (κ1) is 16.0. The van der Waals surface area contributed by atoms with Crippen molar-refractivity contribution in [3.05, 3.63) is 71.3 Å². The number of halogens is 3. The van der Waals surface area contributed by atoms with Gasteiger partial charge in [0, 0.05) is 26.2 Å². The molecule has 0 amide bonds. The number of nitrogens with zero attached hydrogens (tertiary/aromatic N) is 1. The standard InChI is InChI=1S/C18H19F3N2/c19-18(20,21)16-8-6-15(7-9-16)17(14-4-2-1-3-5-14)23-12-10-22-11-13-23/h1-9,17,22H,10-13H2. The summed E-state index contributed by atoms with van der Waals surface area (Å²) in [6.07, 6.45) is -4.30. The fraction of sp³-hybridized carbons (Fsp3) is 0.333. The molecule has 0 aromatic heterocycles. The lowest BCUT2D eigenvalue weighted by molar-refractivity contribution is -0.137. The summed E-state index contributed by atoms with van der Waals surface area (Å²) in [6.45, 7) is 3.54. The van der Waals surface area contributed by atoms with E-state index in [1.165, 1.54) is 12.1 Å². The fourth-order valence-electron chi connectivity index (χ4n) is 3.04. The molecular weight excluding hydrogens is 301 g/mol. The molecule has 2 aromatic carbocycles. The number of benzene rings is 2. The number of hydrogen-bond donors (Lipinski definition) is 1. The van der Waals surface area contributed by atoms with Gasteiger partial charge in [-0.1, -0.05) is 42.5 Å². The molecule has 5 heteroatoms. The Balaban J connectivity index is 1.94. The van der Waals surface area contributed by atoms with Crippen LogP contribution in [0.2, 0.25) is 0 Å². The third kappa shape index (κ3) is 3.74. The van der Waals surface area contributed by atoms with Gasteiger partial charge in [0.25, 0.3) is 0 Å². The van der Waals surface area contributed by atoms with E-state index in [-0.39, 0.29) is 6.04 Å². The number of nitrogens with one attached hydrogen (secondary N) is 1. The van der Waals surface area contributed by atoms with Crippen molar-refractivity contribution in [1.82, 2.24) is 10.2 Å². The van der Waals surface area contributed by atoms with Crippen molar-refractivity contribution in [1.29, 1.82) is 0 Å². The van der Waals surface area contributed by atoms with Crippen molar-refractivity contribution in [3.63, 3.8) is 0 Å². The van der Waals surface area contributed by atoms with Crippen LogP contribution in [0.1, 0.15) is 22.7 Å². The Hall–Kier alpha value is -1.85. The van der Waals surface area contributed by atoms with Crippen molar-refractivity contribution in [2.24, 2.45) is 0 Å². The van der Waals surface area contributed by atoms with Gasteiger partial charge in [-0.25, -0.2) is 0 Å². The Kier molecular flexibility index (Phi) is 4.68. The van der Waals surface area contributed by atoms with Gasteiger partial charge in [0.15, 0.2) is 0 Å². The Morgan fingerprint density at radius 1 is 0.826 bits per heavy atom. The SMILES string of the molecule is FC(F)(F)c1ccc(C(c2ccccc2)N2CCNCC2)cc1. The minimum Gasteiger partial charge on any atom is -0.314 e. The highest BCUT2D eigenvalue weighted by atomic mass is 19.4. The Labute approximate surface area is 133 Å². The van der Waals surface area contributed by atoms with E-state index in [1.54, 1.807) is 12.1 Å². The minimum absolute atomic E-state index is 0.0133. The molecule has 0 aliphatic carbocycles. The van der Waals surface area contributed by atoms with Crippen molar-refractivity contribution < 1.29 is 13.2 Å². The molecule has 0 spiro atoms. The monoisotopic (exact) mass is 320 g/mol. The molecule has 1 aliphatic heterocycles. The van der Waals surface area contributed by atoms with Gasteiger partial charge in [0.1, 0.15) is 0 Å². The molecular formula is C18H19F3N2. The Morgan fingerprint density at radius 2 is 1.39 bits per heavy atom. The van der Waals surface area contributed by atoms with Gasteiger partial charge in [-0.05, 0) is 23.3 Å². The van der Waals surface area contributed by atoms with Gasteiger partial charge in [-0.15, -0.1) is 0 Å². The number of rotatable bonds is 3. The summed E-state index contributed by atoms with van der Waals surface area (Å²) in [6, 6.07) is 15.5. The molecule has 23 heavy (non-hydrogen) atoms. The molecule has 122 valence electrons. The van der Waals surface area contributed by atoms with Gasteiger partial charge in [-0.3, -0.25) is 4.90 Å². The Bertz CT molecular complexity index is 617. The van der Waals surface area contributed by atoms with E-state index in [1.807, 2.05) is 30.3 Å². The Morgan fingerprint density at radius 3 is 1.96 bits per heavy atom. The van der Waals surface area contributed by atoms with Gasteiger partial charge in [0.05, 0.1) is 11.6 Å². The van der Waals surface area contributed by atoms with E-state index in [9.17, 15) is 13.2 Å². The summed E-state index contributed by atoms with van der Waals surface area (Å²) >= 11 is 0. The highest BCUT2D eigenvalue weighted by molar-refractivity contribution is 5.34. The topological polar surface area (TPSA) is 15.3 Å². The van der Waals surface area contributed by atoms with Crippen LogP contribution in [-0.2, 0) is 6.18 Å². The van der Waals surface area contributed by atoms with Crippen molar-refractivity contribution >= 4 is 0 Å². The van der Waals surface area contributed by atoms with Crippen LogP contribution in [0, 0.1) is 0 Å². The molecule has 2 aromatic rings. The molecule has 1 N–H and O–H groups in total. The summed E-state index contributed by atoms with van der Waals surface area (Å²) in [7, 11) is 0. The summed E-state index contributed by atoms with van der Waals surface area (Å²) in [5.74, 6) is 0. The first-order valence-electron chi connectivity index (χ1n) is 7.72. The average Bonchev–Trinajstić information content (AvgIpc) is 2.57. The predicted octanol–water partition coefficient (Wildman–Crippen LogP) is 3.70. The highest BCUT2D eigenvalue weighted by Crippen LogP contribution is 2.33. The van der Waals surface area contributed by atoms with Crippen LogP contribution in [-0.4, -0.2) is 31.1 Å². The molecule has 0 bridgehead atoms. The third-order valence-corrected chi connectivity index (χ3v) is 4.19. The van der Waals surface area contributed by atoms with Crippen LogP contribution in [0.5, 0.6) is 0 Å². The molecule has 1 atom stereocenters. The largest absolute Gasteiger partial charge is 0.416 e. The van der Waals surface area contributed by atoms with E-state index in [4.69, 9.17) is 0 Å². The van der Waals surface area contributed by atoms with Crippen LogP contribution in [0.3, 0.4) is 0 Å². The summed E-state index contributed by atoms with van der Waals surface area (Å²) in [4.78, 5) is 2.31. The predicted molar refractivity (Wildman–Crippen MR) is 84.2 cm³/mol. The average molecular weight is 320 g/mol. The van der Waals surface area contributed by atoms with Crippen LogP contribution < -0.4 is 5.32 Å². The van der Waals surface area contributed by atoms with Gasteiger partial charge >= 0.3 is 6.18 Å². The van der Waals surface area contributed by atoms with Gasteiger partial charge in [0.2, 0.25) is 0 Å². The molecule has 1 heterocycles. The zero-order valence-electron chi connectivity index (χ0n) is 12.7. The van der Waals surface area contributed by atoms with Crippen LogP contribution in [0.15, 0.2) is 54.6 Å². The maximum Gasteiger partial charge on any atom is 0.416 e. The molecule has 1 saturated heterocycles. The summed E-state index contributed by atoms with van der Waals surface area (Å²) in [5, 5.41) is 3.31. The molecule has 0 radical (unpaired) electrons. The molecule has 1 unspecified atom stereocenters. The van der Waals surface area contributed by atoms with Gasteiger partial charge in [-0.2, -0.15) is 13.2 Å². The first-order valence-corrected chi connectivity index (χ1v) is 7.72. The fourth-order valence-corrected chi connectivity index (χ4v) is 3.04. The van der Waals surface area contributed by atoms with E-state index in [0.29, 0.717) is 0 Å². The van der Waals surface area contributed by atoms with E-state index in [0.717, 1.165) is 37.3 Å². The summed E-state index contributed by atoms with van der Waals surface area (Å²) < 4.78 is 38.3. The number of piperazine rings is 1. The quantitative estimate of drug-likeness (QED) is 0.928. The highest BCUT2D eigenvalue weighted by Gasteiger charge is 2.31. The second-order valence-electron chi connectivity index (χ2n) is 5.72. The zero-order valence-corrected chi connectivity index (χ0v) is 12.7. The van der Waals surface area contributed by atoms with Crippen LogP contribution in [0.25, 0.3) is 0 Å². The first-order chi connectivity index (χ1) is 11.1. The van der Waals surface area contributed by atoms with Crippen molar-refractivity contribution in [2.45, 2.75) is 12.2 Å². The van der Waals surface area contributed by atoms with Gasteiger partial charge < -0.3 is 5.32 Å². The maximum atomic E-state index is 12.8. The molecule has 1 fully saturated rings. The lowest BCUT2D eigenvalue weighted by Crippen LogP contribution is -2.45. The van der Waals surface area contributed by atoms with E-state index in [2.05, 4.69) is 10.2 Å². The number of hydrogen-bond acceptors (Lipinski definition) is 2.